The van der Waals surface area contributed by atoms with Crippen LogP contribution in [0.3, 0.4) is 0 Å². The Labute approximate surface area is 190 Å². The molecule has 0 spiro atoms. The summed E-state index contributed by atoms with van der Waals surface area (Å²) in [4.78, 5) is 21.0. The molecule has 0 bridgehead atoms. The molecule has 1 aromatic heterocycles. The van der Waals surface area contributed by atoms with Crippen molar-refractivity contribution in [2.24, 2.45) is 5.10 Å². The molecular weight excluding hydrogens is 431 g/mol. The van der Waals surface area contributed by atoms with Gasteiger partial charge in [0.2, 0.25) is 5.82 Å². The van der Waals surface area contributed by atoms with Crippen molar-refractivity contribution in [3.63, 3.8) is 0 Å². The average Bonchev–Trinajstić information content (AvgIpc) is 2.84. The maximum Gasteiger partial charge on any atom is 0.291 e. The molecule has 1 amide bonds. The first-order valence-corrected chi connectivity index (χ1v) is 9.88. The Morgan fingerprint density at radius 1 is 1.06 bits per heavy atom. The van der Waals surface area contributed by atoms with Gasteiger partial charge < -0.3 is 18.9 Å². The van der Waals surface area contributed by atoms with Gasteiger partial charge in [0.05, 0.1) is 52.2 Å². The zero-order chi connectivity index (χ0) is 23.8. The first-order valence-electron chi connectivity index (χ1n) is 9.88. The van der Waals surface area contributed by atoms with E-state index in [9.17, 15) is 9.18 Å². The summed E-state index contributed by atoms with van der Waals surface area (Å²) >= 11 is 0. The van der Waals surface area contributed by atoms with Gasteiger partial charge in [0, 0.05) is 17.2 Å². The van der Waals surface area contributed by atoms with E-state index in [4.69, 9.17) is 18.9 Å². The van der Waals surface area contributed by atoms with Crippen molar-refractivity contribution in [3.05, 3.63) is 59.8 Å². The number of amides is 1. The summed E-state index contributed by atoms with van der Waals surface area (Å²) in [6, 6.07) is 8.15. The molecule has 2 aromatic carbocycles. The number of halogens is 1. The van der Waals surface area contributed by atoms with Crippen molar-refractivity contribution < 1.29 is 28.1 Å². The van der Waals surface area contributed by atoms with E-state index >= 15 is 0 Å². The number of hydrogen-bond donors (Lipinski definition) is 1. The highest BCUT2D eigenvalue weighted by molar-refractivity contribution is 5.93. The Morgan fingerprint density at radius 2 is 1.76 bits per heavy atom. The van der Waals surface area contributed by atoms with Crippen LogP contribution in [0.15, 0.2) is 47.8 Å². The van der Waals surface area contributed by atoms with E-state index in [0.29, 0.717) is 34.9 Å². The van der Waals surface area contributed by atoms with Gasteiger partial charge in [0.25, 0.3) is 5.91 Å². The molecular formula is C23H23FN4O5. The summed E-state index contributed by atoms with van der Waals surface area (Å²) < 4.78 is 34.9. The maximum absolute atomic E-state index is 14.0. The standard InChI is InChI=1S/C23H23FN4O5/c1-5-33-15-6-7-16(19(10-15)30-2)17-12-25-13-18(27-17)23(29)28-26-11-14-8-20(31-3)22(24)21(9-14)32-4/h6-13H,5H2,1-4H3,(H,28,29)/b26-11+. The molecule has 3 aromatic rings. The monoisotopic (exact) mass is 454 g/mol. The van der Waals surface area contributed by atoms with Gasteiger partial charge in [-0.1, -0.05) is 0 Å². The first-order chi connectivity index (χ1) is 16.0. The van der Waals surface area contributed by atoms with Gasteiger partial charge >= 0.3 is 0 Å². The van der Waals surface area contributed by atoms with Crippen molar-refractivity contribution in [1.82, 2.24) is 15.4 Å². The molecule has 3 rings (SSSR count). The molecule has 10 heteroatoms. The van der Waals surface area contributed by atoms with Gasteiger partial charge in [-0.3, -0.25) is 9.78 Å². The summed E-state index contributed by atoms with van der Waals surface area (Å²) in [6.07, 6.45) is 4.17. The summed E-state index contributed by atoms with van der Waals surface area (Å²) in [5, 5.41) is 3.90. The second-order valence-corrected chi connectivity index (χ2v) is 6.52. The number of ether oxygens (including phenoxy) is 4. The maximum atomic E-state index is 14.0. The Morgan fingerprint density at radius 3 is 2.39 bits per heavy atom. The van der Waals surface area contributed by atoms with Crippen LogP contribution in [-0.4, -0.2) is 50.0 Å². The number of nitrogens with one attached hydrogen (secondary N) is 1. The molecule has 9 nitrogen and oxygen atoms in total. The smallest absolute Gasteiger partial charge is 0.291 e. The van der Waals surface area contributed by atoms with E-state index in [0.717, 1.165) is 0 Å². The van der Waals surface area contributed by atoms with E-state index in [1.165, 1.54) is 52.1 Å². The lowest BCUT2D eigenvalue weighted by Gasteiger charge is -2.11. The molecule has 0 fully saturated rings. The fraction of sp³-hybridized carbons (Fsp3) is 0.217. The van der Waals surface area contributed by atoms with Gasteiger partial charge in [-0.15, -0.1) is 0 Å². The van der Waals surface area contributed by atoms with Gasteiger partial charge in [0.1, 0.15) is 17.2 Å². The van der Waals surface area contributed by atoms with Crippen LogP contribution in [0.2, 0.25) is 0 Å². The van der Waals surface area contributed by atoms with Crippen molar-refractivity contribution >= 4 is 12.1 Å². The lowest BCUT2D eigenvalue weighted by molar-refractivity contribution is 0.0950. The zero-order valence-electron chi connectivity index (χ0n) is 18.6. The second kappa shape index (κ2) is 10.9. The lowest BCUT2D eigenvalue weighted by Crippen LogP contribution is -2.19. The van der Waals surface area contributed by atoms with E-state index < -0.39 is 11.7 Å². The molecule has 0 saturated heterocycles. The number of hydrazone groups is 1. The number of hydrogen-bond acceptors (Lipinski definition) is 8. The van der Waals surface area contributed by atoms with Gasteiger partial charge in [-0.25, -0.2) is 10.4 Å². The lowest BCUT2D eigenvalue weighted by atomic mass is 10.1. The van der Waals surface area contributed by atoms with Crippen molar-refractivity contribution in [2.75, 3.05) is 27.9 Å². The van der Waals surface area contributed by atoms with E-state index in [1.54, 1.807) is 18.2 Å². The molecule has 0 aliphatic carbocycles. The number of rotatable bonds is 9. The molecule has 33 heavy (non-hydrogen) atoms. The Bertz CT molecular complexity index is 1140. The van der Waals surface area contributed by atoms with Gasteiger partial charge in [-0.2, -0.15) is 9.49 Å². The van der Waals surface area contributed by atoms with Crippen LogP contribution in [0.1, 0.15) is 23.0 Å². The number of carbonyl (C=O) groups is 1. The fourth-order valence-corrected chi connectivity index (χ4v) is 2.93. The highest BCUT2D eigenvalue weighted by Gasteiger charge is 2.14. The first kappa shape index (κ1) is 23.5. The Kier molecular flexibility index (Phi) is 7.74. The molecule has 1 N–H and O–H groups in total. The predicted molar refractivity (Wildman–Crippen MR) is 120 cm³/mol. The number of aromatic nitrogens is 2. The highest BCUT2D eigenvalue weighted by Crippen LogP contribution is 2.32. The third-order valence-corrected chi connectivity index (χ3v) is 4.47. The van der Waals surface area contributed by atoms with Crippen LogP contribution in [0.25, 0.3) is 11.3 Å². The SMILES string of the molecule is CCOc1ccc(-c2cncc(C(=O)N/N=C/c3cc(OC)c(F)c(OC)c3)n2)c(OC)c1. The van der Waals surface area contributed by atoms with E-state index in [-0.39, 0.29) is 17.2 Å². The average molecular weight is 454 g/mol. The second-order valence-electron chi connectivity index (χ2n) is 6.52. The zero-order valence-corrected chi connectivity index (χ0v) is 18.6. The third-order valence-electron chi connectivity index (χ3n) is 4.47. The topological polar surface area (TPSA) is 104 Å². The molecule has 0 unspecified atom stereocenters. The minimum Gasteiger partial charge on any atom is -0.496 e. The van der Waals surface area contributed by atoms with Crippen LogP contribution >= 0.6 is 0 Å². The minimum atomic E-state index is -0.627. The number of benzene rings is 2. The Hall–Kier alpha value is -4.21. The highest BCUT2D eigenvalue weighted by atomic mass is 19.1. The quantitative estimate of drug-likeness (QED) is 0.390. The van der Waals surface area contributed by atoms with Gasteiger partial charge in [-0.05, 0) is 31.2 Å². The van der Waals surface area contributed by atoms with Crippen LogP contribution in [0.5, 0.6) is 23.0 Å². The molecule has 0 aliphatic rings. The minimum absolute atomic E-state index is 0.00926. The van der Waals surface area contributed by atoms with Crippen LogP contribution in [0.4, 0.5) is 4.39 Å². The molecule has 172 valence electrons. The van der Waals surface area contributed by atoms with E-state index in [2.05, 4.69) is 20.5 Å². The summed E-state index contributed by atoms with van der Waals surface area (Å²) in [5.41, 5.74) is 3.98. The number of methoxy groups -OCH3 is 3. The molecule has 0 radical (unpaired) electrons. The largest absolute Gasteiger partial charge is 0.496 e. The predicted octanol–water partition coefficient (Wildman–Crippen LogP) is 3.47. The summed E-state index contributed by atoms with van der Waals surface area (Å²) in [6.45, 7) is 2.41. The molecule has 0 saturated carbocycles. The van der Waals surface area contributed by atoms with Gasteiger partial charge in [0.15, 0.2) is 11.5 Å². The van der Waals surface area contributed by atoms with Crippen LogP contribution in [-0.2, 0) is 0 Å². The van der Waals surface area contributed by atoms with Crippen LogP contribution in [0, 0.1) is 5.82 Å². The normalized spacial score (nSPS) is 10.7. The molecule has 1 heterocycles. The molecule has 0 atom stereocenters. The summed E-state index contributed by atoms with van der Waals surface area (Å²) in [7, 11) is 4.21. The van der Waals surface area contributed by atoms with E-state index in [1.807, 2.05) is 6.92 Å². The van der Waals surface area contributed by atoms with Crippen LogP contribution < -0.4 is 24.4 Å². The Balaban J connectivity index is 1.78. The van der Waals surface area contributed by atoms with Crippen molar-refractivity contribution in [2.45, 2.75) is 6.92 Å². The number of carbonyl (C=O) groups excluding carboxylic acids is 1. The number of nitrogens with zero attached hydrogens (tertiary/aromatic N) is 3. The summed E-state index contributed by atoms with van der Waals surface area (Å²) in [5.74, 6) is -0.0343. The third kappa shape index (κ3) is 5.53. The van der Waals surface area contributed by atoms with Crippen molar-refractivity contribution in [1.29, 1.82) is 0 Å². The molecule has 0 aliphatic heterocycles. The van der Waals surface area contributed by atoms with Crippen molar-refractivity contribution in [3.8, 4) is 34.3 Å². The fourth-order valence-electron chi connectivity index (χ4n) is 2.93.